The van der Waals surface area contributed by atoms with Crippen molar-refractivity contribution in [3.63, 3.8) is 0 Å². The van der Waals surface area contributed by atoms with Crippen LogP contribution in [-0.2, 0) is 0 Å². The molecule has 0 atom stereocenters. The predicted molar refractivity (Wildman–Crippen MR) is 208 cm³/mol. The Balaban J connectivity index is 1.37. The van der Waals surface area contributed by atoms with Crippen LogP contribution >= 0.6 is 11.3 Å². The number of rotatable bonds is 5. The first-order valence-corrected chi connectivity index (χ1v) is 17.2. The molecule has 0 spiro atoms. The molecular weight excluding hydrogens is 673 g/mol. The van der Waals surface area contributed by atoms with Gasteiger partial charge in [-0.1, -0.05) is 79.4 Å². The average Bonchev–Trinajstić information content (AvgIpc) is 3.70. The molecule has 0 radical (unpaired) electrons. The quantitative estimate of drug-likeness (QED) is 0.0678. The Morgan fingerprint density at radius 2 is 1.40 bits per heavy atom. The first-order valence-electron chi connectivity index (χ1n) is 16.4. The van der Waals surface area contributed by atoms with Gasteiger partial charge in [0.05, 0.1) is 22.3 Å². The van der Waals surface area contributed by atoms with E-state index in [-0.39, 0.29) is 22.7 Å². The van der Waals surface area contributed by atoms with Crippen LogP contribution in [0.1, 0.15) is 10.4 Å². The Hall–Kier alpha value is -6.91. The highest BCUT2D eigenvalue weighted by molar-refractivity contribution is 7.20. The Bertz CT molecular complexity index is 2990. The van der Waals surface area contributed by atoms with Gasteiger partial charge in [-0.05, 0) is 48.2 Å². The summed E-state index contributed by atoms with van der Waals surface area (Å²) in [6.07, 6.45) is 7.43. The van der Waals surface area contributed by atoms with Crippen molar-refractivity contribution in [2.45, 2.75) is 6.92 Å². The molecule has 0 bridgehead atoms. The van der Waals surface area contributed by atoms with Crippen molar-refractivity contribution in [2.75, 3.05) is 0 Å². The molecule has 10 heteroatoms. The summed E-state index contributed by atoms with van der Waals surface area (Å²) in [4.78, 5) is 15.1. The molecule has 0 unspecified atom stereocenters. The lowest BCUT2D eigenvalue weighted by molar-refractivity contribution is 0.330. The van der Waals surface area contributed by atoms with E-state index in [9.17, 15) is 25.5 Å². The summed E-state index contributed by atoms with van der Waals surface area (Å²) in [6, 6.07) is 27.9. The van der Waals surface area contributed by atoms with Gasteiger partial charge in [0.25, 0.3) is 0 Å². The van der Waals surface area contributed by atoms with Gasteiger partial charge in [-0.3, -0.25) is 0 Å². The van der Waals surface area contributed by atoms with Crippen molar-refractivity contribution in [3.8, 4) is 57.1 Å². The smallest absolute Gasteiger partial charge is 0.208 e. The lowest BCUT2D eigenvalue weighted by Gasteiger charge is -2.15. The highest BCUT2D eigenvalue weighted by Gasteiger charge is 2.28. The Morgan fingerprint density at radius 3 is 2.17 bits per heavy atom. The number of thiophene rings is 1. The number of fused-ring (bicyclic) bond motifs is 9. The van der Waals surface area contributed by atoms with E-state index in [1.54, 1.807) is 35.7 Å². The highest BCUT2D eigenvalue weighted by Crippen LogP contribution is 2.55. The number of para-hydroxylation sites is 1. The number of hydrogen-bond acceptors (Lipinski definition) is 9. The van der Waals surface area contributed by atoms with Gasteiger partial charge in [0.1, 0.15) is 0 Å². The molecule has 4 aromatic heterocycles. The fourth-order valence-corrected chi connectivity index (χ4v) is 8.42. The second kappa shape index (κ2) is 11.6. The van der Waals surface area contributed by atoms with E-state index in [1.165, 1.54) is 15.0 Å². The number of aromatic nitrogens is 4. The van der Waals surface area contributed by atoms with Gasteiger partial charge in [-0.15, -0.1) is 11.3 Å². The third-order valence-electron chi connectivity index (χ3n) is 9.52. The molecular formula is C42H28N4O5S. The Labute approximate surface area is 299 Å². The predicted octanol–water partition coefficient (Wildman–Crippen LogP) is 9.86. The summed E-state index contributed by atoms with van der Waals surface area (Å²) in [5.74, 6) is -4.55. The van der Waals surface area contributed by atoms with Crippen LogP contribution in [0.2, 0.25) is 0 Å². The van der Waals surface area contributed by atoms with E-state index in [4.69, 9.17) is 9.97 Å². The van der Waals surface area contributed by atoms with Gasteiger partial charge in [0.15, 0.2) is 23.0 Å². The molecule has 0 aliphatic heterocycles. The largest absolute Gasteiger partial charge is 0.504 e. The van der Waals surface area contributed by atoms with Crippen LogP contribution in [0.15, 0.2) is 110 Å². The molecule has 5 N–H and O–H groups in total. The van der Waals surface area contributed by atoms with Gasteiger partial charge in [0, 0.05) is 54.0 Å². The molecule has 0 amide bonds. The van der Waals surface area contributed by atoms with E-state index in [0.29, 0.717) is 10.9 Å². The first kappa shape index (κ1) is 31.1. The topological polar surface area (TPSA) is 145 Å². The standard InChI is InChI=1S/C42H28N4O5S/c1-3-4-13-24-21(2)52-40-26-15-6-5-14-25(26)30-27-16-7-8-18-29(27)46(34(30)31(24)40)23-12-9-11-22(20-23)41-44-33(28-17-10-19-43-42(28)45-41)32-35(47)37(49)39(51)38(50)36(32)48/h3-20,47-51H,1H2,2H3/b13-4-. The van der Waals surface area contributed by atoms with Gasteiger partial charge in [-0.2, -0.15) is 0 Å². The fraction of sp³-hybridized carbons (Fsp3) is 0.0238. The lowest BCUT2D eigenvalue weighted by atomic mass is 9.98. The van der Waals surface area contributed by atoms with Crippen molar-refractivity contribution in [1.82, 2.24) is 19.5 Å². The van der Waals surface area contributed by atoms with Crippen LogP contribution in [0.4, 0.5) is 0 Å². The number of aryl methyl sites for hydroxylation is 1. The minimum atomic E-state index is -1.06. The zero-order valence-corrected chi connectivity index (χ0v) is 28.3. The molecule has 4 heterocycles. The van der Waals surface area contributed by atoms with Gasteiger partial charge >= 0.3 is 0 Å². The maximum atomic E-state index is 10.9. The van der Waals surface area contributed by atoms with Crippen molar-refractivity contribution in [3.05, 3.63) is 120 Å². The third-order valence-corrected chi connectivity index (χ3v) is 10.7. The highest BCUT2D eigenvalue weighted by atomic mass is 32.1. The number of pyridine rings is 1. The van der Waals surface area contributed by atoms with E-state index in [1.807, 2.05) is 36.4 Å². The van der Waals surface area contributed by atoms with Gasteiger partial charge in [0.2, 0.25) is 17.2 Å². The molecule has 252 valence electrons. The number of phenolic OH excluding ortho intramolecular Hbond substituents is 5. The number of nitrogens with zero attached hydrogens (tertiary/aromatic N) is 4. The average molecular weight is 701 g/mol. The normalized spacial score (nSPS) is 11.9. The van der Waals surface area contributed by atoms with Crippen LogP contribution in [0.25, 0.3) is 88.1 Å². The minimum absolute atomic E-state index is 0.00320. The second-order valence-electron chi connectivity index (χ2n) is 12.4. The fourth-order valence-electron chi connectivity index (χ4n) is 7.24. The van der Waals surface area contributed by atoms with E-state index in [2.05, 4.69) is 71.6 Å². The summed E-state index contributed by atoms with van der Waals surface area (Å²) in [7, 11) is 0. The molecule has 9 aromatic rings. The van der Waals surface area contributed by atoms with Crippen molar-refractivity contribution >= 4 is 71.1 Å². The minimum Gasteiger partial charge on any atom is -0.504 e. The molecule has 5 aromatic carbocycles. The summed E-state index contributed by atoms with van der Waals surface area (Å²) in [5, 5.41) is 58.7. The van der Waals surface area contributed by atoms with Crippen LogP contribution in [0, 0.1) is 6.92 Å². The molecule has 9 nitrogen and oxygen atoms in total. The molecule has 52 heavy (non-hydrogen) atoms. The summed E-state index contributed by atoms with van der Waals surface area (Å²) in [6.45, 7) is 6.06. The first-order chi connectivity index (χ1) is 25.3. The number of aromatic hydroxyl groups is 5. The van der Waals surface area contributed by atoms with Crippen molar-refractivity contribution in [2.24, 2.45) is 0 Å². The molecule has 0 aliphatic carbocycles. The maximum absolute atomic E-state index is 10.9. The van der Waals surface area contributed by atoms with Crippen molar-refractivity contribution in [1.29, 1.82) is 0 Å². The van der Waals surface area contributed by atoms with E-state index >= 15 is 0 Å². The van der Waals surface area contributed by atoms with Crippen LogP contribution in [0.5, 0.6) is 28.7 Å². The second-order valence-corrected chi connectivity index (χ2v) is 13.7. The Kier molecular flexibility index (Phi) is 6.92. The maximum Gasteiger partial charge on any atom is 0.208 e. The third kappa shape index (κ3) is 4.38. The number of allylic oxidation sites excluding steroid dienone is 2. The summed E-state index contributed by atoms with van der Waals surface area (Å²) < 4.78 is 3.46. The SMILES string of the molecule is C=C/C=C\c1c(C)sc2c3ccccc3c3c4ccccc4n(-c4cccc(-c5nc(-c6c(O)c(O)c(O)c(O)c6O)c6cccnc6n5)c4)c3c12. The van der Waals surface area contributed by atoms with Crippen LogP contribution in [-0.4, -0.2) is 45.1 Å². The lowest BCUT2D eigenvalue weighted by Crippen LogP contribution is -1.99. The number of phenols is 5. The van der Waals surface area contributed by atoms with Crippen molar-refractivity contribution < 1.29 is 25.5 Å². The number of benzene rings is 5. The Morgan fingerprint density at radius 1 is 0.712 bits per heavy atom. The van der Waals surface area contributed by atoms with E-state index < -0.39 is 28.7 Å². The zero-order chi connectivity index (χ0) is 35.8. The van der Waals surface area contributed by atoms with Gasteiger partial charge < -0.3 is 30.1 Å². The van der Waals surface area contributed by atoms with E-state index in [0.717, 1.165) is 43.8 Å². The summed E-state index contributed by atoms with van der Waals surface area (Å²) in [5.41, 5.74) is 4.52. The van der Waals surface area contributed by atoms with Gasteiger partial charge in [-0.25, -0.2) is 15.0 Å². The van der Waals surface area contributed by atoms with Crippen LogP contribution in [0.3, 0.4) is 0 Å². The van der Waals surface area contributed by atoms with Crippen LogP contribution < -0.4 is 0 Å². The molecule has 0 saturated heterocycles. The number of hydrogen-bond donors (Lipinski definition) is 5. The molecule has 0 saturated carbocycles. The monoisotopic (exact) mass is 700 g/mol. The summed E-state index contributed by atoms with van der Waals surface area (Å²) >= 11 is 1.78. The molecule has 0 aliphatic rings. The molecule has 9 rings (SSSR count). The molecule has 0 fully saturated rings. The zero-order valence-electron chi connectivity index (χ0n) is 27.5.